The number of rotatable bonds is 4. The summed E-state index contributed by atoms with van der Waals surface area (Å²) in [5, 5.41) is 0. The van der Waals surface area contributed by atoms with Gasteiger partial charge in [-0.15, -0.1) is 25.6 Å². The fourth-order valence-corrected chi connectivity index (χ4v) is 2.16. The van der Waals surface area contributed by atoms with E-state index in [2.05, 4.69) is 4.74 Å². The summed E-state index contributed by atoms with van der Waals surface area (Å²) in [5.41, 5.74) is 8.63. The molecule has 0 unspecified atom stereocenters. The van der Waals surface area contributed by atoms with Crippen LogP contribution >= 0.6 is 12.4 Å². The zero-order valence-corrected chi connectivity index (χ0v) is 13.4. The van der Waals surface area contributed by atoms with Gasteiger partial charge in [0.2, 0.25) is 0 Å². The van der Waals surface area contributed by atoms with Crippen LogP contribution in [-0.2, 0) is 0 Å². The summed E-state index contributed by atoms with van der Waals surface area (Å²) < 4.78 is 45.4. The van der Waals surface area contributed by atoms with Crippen molar-refractivity contribution in [2.75, 3.05) is 7.11 Å². The molecule has 0 bridgehead atoms. The first-order chi connectivity index (χ1) is 10.3. The smallest absolute Gasteiger partial charge is 0.496 e. The molecule has 3 nitrogen and oxygen atoms in total. The van der Waals surface area contributed by atoms with E-state index in [1.807, 2.05) is 25.1 Å². The Morgan fingerprint density at radius 2 is 1.57 bits per heavy atom. The number of nitrogens with two attached hydrogens (primary N) is 1. The molecule has 2 aromatic carbocycles. The van der Waals surface area contributed by atoms with Crippen molar-refractivity contribution in [1.82, 2.24) is 0 Å². The van der Waals surface area contributed by atoms with Crippen molar-refractivity contribution in [3.05, 3.63) is 59.2 Å². The van der Waals surface area contributed by atoms with Crippen molar-refractivity contribution in [3.63, 3.8) is 0 Å². The summed E-state index contributed by atoms with van der Waals surface area (Å²) in [7, 11) is 1.58. The van der Waals surface area contributed by atoms with Crippen molar-refractivity contribution in [3.8, 4) is 11.5 Å². The molecule has 1 atom stereocenters. The number of hydrogen-bond acceptors (Lipinski definition) is 3. The van der Waals surface area contributed by atoms with Gasteiger partial charge >= 0.3 is 6.36 Å². The Morgan fingerprint density at radius 3 is 2.04 bits per heavy atom. The molecule has 23 heavy (non-hydrogen) atoms. The van der Waals surface area contributed by atoms with Gasteiger partial charge in [0, 0.05) is 0 Å². The molecule has 0 amide bonds. The van der Waals surface area contributed by atoms with E-state index in [0.29, 0.717) is 5.56 Å². The van der Waals surface area contributed by atoms with Crippen molar-refractivity contribution < 1.29 is 22.6 Å². The lowest BCUT2D eigenvalue weighted by Gasteiger charge is -2.15. The number of alkyl halides is 3. The lowest BCUT2D eigenvalue weighted by Crippen LogP contribution is -2.17. The second-order valence-electron chi connectivity index (χ2n) is 4.82. The lowest BCUT2D eigenvalue weighted by molar-refractivity contribution is -0.274. The SMILES string of the molecule is COc1ccc([C@@H](N)c2ccc(OC(F)(F)F)cc2)cc1C.Cl. The number of methoxy groups -OCH3 is 1. The number of aryl methyl sites for hydroxylation is 1. The van der Waals surface area contributed by atoms with Gasteiger partial charge in [-0.3, -0.25) is 0 Å². The average molecular weight is 348 g/mol. The number of halogens is 4. The van der Waals surface area contributed by atoms with Crippen LogP contribution < -0.4 is 15.2 Å². The fraction of sp³-hybridized carbons (Fsp3) is 0.250. The van der Waals surface area contributed by atoms with Gasteiger partial charge in [0.25, 0.3) is 0 Å². The largest absolute Gasteiger partial charge is 0.573 e. The first-order valence-electron chi connectivity index (χ1n) is 6.56. The third-order valence-corrected chi connectivity index (χ3v) is 3.25. The molecule has 0 heterocycles. The van der Waals surface area contributed by atoms with Crippen LogP contribution in [0.2, 0.25) is 0 Å². The Bertz CT molecular complexity index is 645. The first-order valence-corrected chi connectivity index (χ1v) is 6.56. The Labute approximate surface area is 138 Å². The predicted molar refractivity (Wildman–Crippen MR) is 84.1 cm³/mol. The number of ether oxygens (including phenoxy) is 2. The first kappa shape index (κ1) is 19.1. The Balaban J connectivity index is 0.00000264. The van der Waals surface area contributed by atoms with Crippen LogP contribution in [0.15, 0.2) is 42.5 Å². The topological polar surface area (TPSA) is 44.5 Å². The van der Waals surface area contributed by atoms with Gasteiger partial charge in [-0.25, -0.2) is 0 Å². The summed E-state index contributed by atoms with van der Waals surface area (Å²) in [6.07, 6.45) is -4.70. The fourth-order valence-electron chi connectivity index (χ4n) is 2.16. The number of hydrogen-bond donors (Lipinski definition) is 1. The van der Waals surface area contributed by atoms with E-state index in [4.69, 9.17) is 10.5 Å². The van der Waals surface area contributed by atoms with Gasteiger partial charge in [0.05, 0.1) is 13.2 Å². The van der Waals surface area contributed by atoms with Crippen molar-refractivity contribution in [2.45, 2.75) is 19.3 Å². The van der Waals surface area contributed by atoms with Gasteiger partial charge in [0.1, 0.15) is 11.5 Å². The highest BCUT2D eigenvalue weighted by Gasteiger charge is 2.31. The molecule has 0 saturated carbocycles. The second-order valence-corrected chi connectivity index (χ2v) is 4.82. The molecule has 0 aliphatic heterocycles. The van der Waals surface area contributed by atoms with Crippen LogP contribution in [0.3, 0.4) is 0 Å². The van der Waals surface area contributed by atoms with Crippen LogP contribution in [0, 0.1) is 6.92 Å². The van der Waals surface area contributed by atoms with E-state index < -0.39 is 12.4 Å². The summed E-state index contributed by atoms with van der Waals surface area (Å²) in [4.78, 5) is 0. The Hall–Kier alpha value is -1.92. The number of benzene rings is 2. The third kappa shape index (κ3) is 5.04. The molecule has 0 saturated heterocycles. The quantitative estimate of drug-likeness (QED) is 0.893. The van der Waals surface area contributed by atoms with E-state index in [-0.39, 0.29) is 18.2 Å². The van der Waals surface area contributed by atoms with Gasteiger partial charge < -0.3 is 15.2 Å². The van der Waals surface area contributed by atoms with Crippen LogP contribution in [0.5, 0.6) is 11.5 Å². The van der Waals surface area contributed by atoms with Crippen LogP contribution in [-0.4, -0.2) is 13.5 Å². The average Bonchev–Trinajstić information content (AvgIpc) is 2.45. The summed E-state index contributed by atoms with van der Waals surface area (Å²) in [5.74, 6) is 0.485. The van der Waals surface area contributed by atoms with Gasteiger partial charge in [-0.1, -0.05) is 24.3 Å². The Morgan fingerprint density at radius 1 is 1.00 bits per heavy atom. The van der Waals surface area contributed by atoms with Crippen LogP contribution in [0.25, 0.3) is 0 Å². The van der Waals surface area contributed by atoms with E-state index in [0.717, 1.165) is 16.9 Å². The minimum atomic E-state index is -4.70. The van der Waals surface area contributed by atoms with Gasteiger partial charge in [-0.2, -0.15) is 0 Å². The van der Waals surface area contributed by atoms with E-state index in [1.54, 1.807) is 7.11 Å². The minimum absolute atomic E-state index is 0. The molecule has 2 N–H and O–H groups in total. The molecule has 0 radical (unpaired) electrons. The Kier molecular flexibility index (Phi) is 6.29. The minimum Gasteiger partial charge on any atom is -0.496 e. The highest BCUT2D eigenvalue weighted by atomic mass is 35.5. The maximum Gasteiger partial charge on any atom is 0.573 e. The molecule has 0 spiro atoms. The van der Waals surface area contributed by atoms with Crippen LogP contribution in [0.4, 0.5) is 13.2 Å². The molecule has 2 aromatic rings. The van der Waals surface area contributed by atoms with Crippen LogP contribution in [0.1, 0.15) is 22.7 Å². The van der Waals surface area contributed by atoms with Crippen molar-refractivity contribution >= 4 is 12.4 Å². The van der Waals surface area contributed by atoms with E-state index >= 15 is 0 Å². The van der Waals surface area contributed by atoms with E-state index in [9.17, 15) is 13.2 Å². The molecule has 126 valence electrons. The normalized spacial score (nSPS) is 12.3. The zero-order valence-electron chi connectivity index (χ0n) is 12.6. The lowest BCUT2D eigenvalue weighted by atomic mass is 9.98. The maximum atomic E-state index is 12.1. The third-order valence-electron chi connectivity index (χ3n) is 3.25. The second kappa shape index (κ2) is 7.57. The molecular formula is C16H17ClF3NO2. The van der Waals surface area contributed by atoms with Gasteiger partial charge in [-0.05, 0) is 41.8 Å². The highest BCUT2D eigenvalue weighted by Crippen LogP contribution is 2.28. The molecule has 0 aliphatic rings. The highest BCUT2D eigenvalue weighted by molar-refractivity contribution is 5.85. The molecule has 0 aromatic heterocycles. The molecule has 7 heteroatoms. The van der Waals surface area contributed by atoms with Gasteiger partial charge in [0.15, 0.2) is 0 Å². The maximum absolute atomic E-state index is 12.1. The molecule has 0 aliphatic carbocycles. The van der Waals surface area contributed by atoms with Crippen molar-refractivity contribution in [2.24, 2.45) is 5.73 Å². The monoisotopic (exact) mass is 347 g/mol. The molecule has 0 fully saturated rings. The summed E-state index contributed by atoms with van der Waals surface area (Å²) in [6, 6.07) is 10.6. The van der Waals surface area contributed by atoms with E-state index in [1.165, 1.54) is 24.3 Å². The summed E-state index contributed by atoms with van der Waals surface area (Å²) in [6.45, 7) is 1.90. The van der Waals surface area contributed by atoms with Crippen molar-refractivity contribution in [1.29, 1.82) is 0 Å². The predicted octanol–water partition coefficient (Wildman–Crippen LogP) is 4.37. The summed E-state index contributed by atoms with van der Waals surface area (Å²) >= 11 is 0. The standard InChI is InChI=1S/C16H16F3NO2.ClH/c1-10-9-12(5-8-14(10)21-2)15(20)11-3-6-13(7-4-11)22-16(17,18)19;/h3-9,15H,20H2,1-2H3;1H/t15-;/m0./s1. The molecule has 2 rings (SSSR count). The zero-order chi connectivity index (χ0) is 16.3. The molecular weight excluding hydrogens is 331 g/mol.